The van der Waals surface area contributed by atoms with E-state index in [0.717, 1.165) is 12.1 Å². The zero-order valence-corrected chi connectivity index (χ0v) is 6.97. The van der Waals surface area contributed by atoms with Gasteiger partial charge in [0.2, 0.25) is 0 Å². The summed E-state index contributed by atoms with van der Waals surface area (Å²) in [5.41, 5.74) is -0.133. The maximum atomic E-state index is 12.1. The van der Waals surface area contributed by atoms with Crippen LogP contribution in [0.2, 0.25) is 0 Å². The van der Waals surface area contributed by atoms with Gasteiger partial charge in [-0.15, -0.1) is 0 Å². The largest absolute Gasteiger partial charge is 0.416 e. The first-order chi connectivity index (χ1) is 5.91. The maximum absolute atomic E-state index is 12.1. The fourth-order valence-electron chi connectivity index (χ4n) is 0.886. The van der Waals surface area contributed by atoms with E-state index in [-0.39, 0.29) is 0 Å². The SMILES string of the molecule is CN(N)c1ccc(C(F)(F)F)cc1. The van der Waals surface area contributed by atoms with Gasteiger partial charge in [-0.2, -0.15) is 13.2 Å². The lowest BCUT2D eigenvalue weighted by molar-refractivity contribution is -0.137. The lowest BCUT2D eigenvalue weighted by Crippen LogP contribution is -2.24. The Morgan fingerprint density at radius 3 is 1.92 bits per heavy atom. The fourth-order valence-corrected chi connectivity index (χ4v) is 0.886. The molecule has 5 heteroatoms. The molecule has 1 aromatic rings. The van der Waals surface area contributed by atoms with Crippen molar-refractivity contribution < 1.29 is 13.2 Å². The quantitative estimate of drug-likeness (QED) is 0.542. The molecule has 0 aliphatic heterocycles. The highest BCUT2D eigenvalue weighted by atomic mass is 19.4. The average molecular weight is 190 g/mol. The summed E-state index contributed by atoms with van der Waals surface area (Å²) in [6.45, 7) is 0. The minimum absolute atomic E-state index is 0.535. The van der Waals surface area contributed by atoms with Crippen LogP contribution < -0.4 is 10.9 Å². The molecule has 2 N–H and O–H groups in total. The van der Waals surface area contributed by atoms with Gasteiger partial charge in [-0.3, -0.25) is 0 Å². The van der Waals surface area contributed by atoms with Gasteiger partial charge in [0.05, 0.1) is 11.3 Å². The fraction of sp³-hybridized carbons (Fsp3) is 0.250. The number of halogens is 3. The van der Waals surface area contributed by atoms with Crippen molar-refractivity contribution >= 4 is 5.69 Å². The van der Waals surface area contributed by atoms with E-state index in [0.29, 0.717) is 5.69 Å². The Balaban J connectivity index is 2.94. The van der Waals surface area contributed by atoms with Gasteiger partial charge >= 0.3 is 6.18 Å². The molecule has 2 nitrogen and oxygen atoms in total. The summed E-state index contributed by atoms with van der Waals surface area (Å²) < 4.78 is 36.2. The Labute approximate surface area is 73.7 Å². The van der Waals surface area contributed by atoms with Crippen molar-refractivity contribution in [2.75, 3.05) is 12.1 Å². The topological polar surface area (TPSA) is 29.3 Å². The van der Waals surface area contributed by atoms with Gasteiger partial charge in [-0.1, -0.05) is 0 Å². The van der Waals surface area contributed by atoms with Crippen molar-refractivity contribution in [3.05, 3.63) is 29.8 Å². The summed E-state index contributed by atoms with van der Waals surface area (Å²) in [6, 6.07) is 4.64. The number of hydrogen-bond acceptors (Lipinski definition) is 2. The molecule has 0 aliphatic carbocycles. The first kappa shape index (κ1) is 9.85. The highest BCUT2D eigenvalue weighted by molar-refractivity contribution is 5.45. The minimum Gasteiger partial charge on any atom is -0.314 e. The van der Waals surface area contributed by atoms with E-state index in [1.54, 1.807) is 7.05 Å². The smallest absolute Gasteiger partial charge is 0.314 e. The molecule has 13 heavy (non-hydrogen) atoms. The van der Waals surface area contributed by atoms with E-state index in [4.69, 9.17) is 5.84 Å². The lowest BCUT2D eigenvalue weighted by atomic mass is 10.2. The third-order valence-electron chi connectivity index (χ3n) is 1.60. The van der Waals surface area contributed by atoms with Crippen molar-refractivity contribution in [2.45, 2.75) is 6.18 Å². The van der Waals surface area contributed by atoms with Crippen molar-refractivity contribution in [3.63, 3.8) is 0 Å². The summed E-state index contributed by atoms with van der Waals surface area (Å²) >= 11 is 0. The Kier molecular flexibility index (Phi) is 2.47. The molecule has 0 fully saturated rings. The molecule has 1 aromatic carbocycles. The molecule has 0 saturated carbocycles. The molecular formula is C8H9F3N2. The molecule has 0 heterocycles. The van der Waals surface area contributed by atoms with Gasteiger partial charge in [0, 0.05) is 7.05 Å². The molecule has 72 valence electrons. The van der Waals surface area contributed by atoms with Gasteiger partial charge in [0.15, 0.2) is 0 Å². The van der Waals surface area contributed by atoms with E-state index in [1.807, 2.05) is 0 Å². The summed E-state index contributed by atoms with van der Waals surface area (Å²) in [7, 11) is 1.56. The third-order valence-corrected chi connectivity index (χ3v) is 1.60. The van der Waals surface area contributed by atoms with Crippen LogP contribution in [-0.4, -0.2) is 7.05 Å². The van der Waals surface area contributed by atoms with Gasteiger partial charge < -0.3 is 5.01 Å². The summed E-state index contributed by atoms with van der Waals surface area (Å²) in [4.78, 5) is 0. The molecule has 0 aliphatic rings. The molecule has 1 rings (SSSR count). The van der Waals surface area contributed by atoms with Crippen LogP contribution in [0.4, 0.5) is 18.9 Å². The summed E-state index contributed by atoms with van der Waals surface area (Å²) in [6.07, 6.45) is -4.29. The third kappa shape index (κ3) is 2.35. The minimum atomic E-state index is -4.29. The van der Waals surface area contributed by atoms with E-state index in [2.05, 4.69) is 0 Å². The Morgan fingerprint density at radius 2 is 1.62 bits per heavy atom. The predicted octanol–water partition coefficient (Wildman–Crippen LogP) is 2.02. The van der Waals surface area contributed by atoms with Crippen LogP contribution in [-0.2, 0) is 6.18 Å². The summed E-state index contributed by atoms with van der Waals surface area (Å²) in [5, 5.41) is 1.25. The maximum Gasteiger partial charge on any atom is 0.416 e. The number of benzene rings is 1. The van der Waals surface area contributed by atoms with Gasteiger partial charge in [-0.25, -0.2) is 5.84 Å². The highest BCUT2D eigenvalue weighted by Crippen LogP contribution is 2.29. The Morgan fingerprint density at radius 1 is 1.15 bits per heavy atom. The zero-order chi connectivity index (χ0) is 10.1. The molecule has 0 atom stereocenters. The number of hydrogen-bond donors (Lipinski definition) is 1. The molecule has 0 saturated heterocycles. The Bertz CT molecular complexity index is 276. The van der Waals surface area contributed by atoms with E-state index in [1.165, 1.54) is 17.1 Å². The van der Waals surface area contributed by atoms with Crippen LogP contribution in [0.5, 0.6) is 0 Å². The van der Waals surface area contributed by atoms with Crippen LogP contribution >= 0.6 is 0 Å². The molecule has 0 bridgehead atoms. The molecular weight excluding hydrogens is 181 g/mol. The van der Waals surface area contributed by atoms with Gasteiger partial charge in [0.25, 0.3) is 0 Å². The second-order valence-electron chi connectivity index (χ2n) is 2.66. The monoisotopic (exact) mass is 190 g/mol. The molecule has 0 aromatic heterocycles. The van der Waals surface area contributed by atoms with E-state index >= 15 is 0 Å². The predicted molar refractivity (Wildman–Crippen MR) is 44.0 cm³/mol. The molecule has 0 spiro atoms. The van der Waals surface area contributed by atoms with Crippen molar-refractivity contribution in [1.82, 2.24) is 0 Å². The standard InChI is InChI=1S/C8H9F3N2/c1-13(12)7-4-2-6(3-5-7)8(9,10)11/h2-5H,12H2,1H3. The summed E-state index contributed by atoms with van der Waals surface area (Å²) in [5.74, 6) is 5.32. The molecule has 0 amide bonds. The number of anilines is 1. The van der Waals surface area contributed by atoms with E-state index < -0.39 is 11.7 Å². The average Bonchev–Trinajstić information content (AvgIpc) is 2.03. The second-order valence-corrected chi connectivity index (χ2v) is 2.66. The van der Waals surface area contributed by atoms with Gasteiger partial charge in [0.1, 0.15) is 0 Å². The lowest BCUT2D eigenvalue weighted by Gasteiger charge is -2.13. The van der Waals surface area contributed by atoms with E-state index in [9.17, 15) is 13.2 Å². The second kappa shape index (κ2) is 3.26. The normalized spacial score (nSPS) is 11.5. The number of hydrazine groups is 1. The molecule has 0 unspecified atom stereocenters. The van der Waals surface area contributed by atoms with Crippen molar-refractivity contribution in [1.29, 1.82) is 0 Å². The number of alkyl halides is 3. The highest BCUT2D eigenvalue weighted by Gasteiger charge is 2.29. The van der Waals surface area contributed by atoms with Crippen LogP contribution in [0.25, 0.3) is 0 Å². The number of nitrogens with zero attached hydrogens (tertiary/aromatic N) is 1. The van der Waals surface area contributed by atoms with Crippen LogP contribution in [0.3, 0.4) is 0 Å². The van der Waals surface area contributed by atoms with Crippen LogP contribution in [0.15, 0.2) is 24.3 Å². The van der Waals surface area contributed by atoms with Crippen molar-refractivity contribution in [2.24, 2.45) is 5.84 Å². The molecule has 0 radical (unpaired) electrons. The van der Waals surface area contributed by atoms with Crippen molar-refractivity contribution in [3.8, 4) is 0 Å². The van der Waals surface area contributed by atoms with Crippen LogP contribution in [0.1, 0.15) is 5.56 Å². The number of rotatable bonds is 1. The van der Waals surface area contributed by atoms with Crippen LogP contribution in [0, 0.1) is 0 Å². The van der Waals surface area contributed by atoms with Gasteiger partial charge in [-0.05, 0) is 24.3 Å². The first-order valence-electron chi connectivity index (χ1n) is 3.57. The Hall–Kier alpha value is -1.23. The number of nitrogens with two attached hydrogens (primary N) is 1. The first-order valence-corrected chi connectivity index (χ1v) is 3.57. The zero-order valence-electron chi connectivity index (χ0n) is 6.97.